The molecule has 0 aliphatic heterocycles. The van der Waals surface area contributed by atoms with E-state index in [9.17, 15) is 9.50 Å². The maximum atomic E-state index is 13.7. The molecular formula is C14H15FN2O2. The van der Waals surface area contributed by atoms with E-state index in [1.165, 1.54) is 19.5 Å². The van der Waals surface area contributed by atoms with Crippen molar-refractivity contribution < 1.29 is 14.2 Å². The van der Waals surface area contributed by atoms with Gasteiger partial charge in [-0.05, 0) is 18.6 Å². The summed E-state index contributed by atoms with van der Waals surface area (Å²) in [6.45, 7) is 1.80. The van der Waals surface area contributed by atoms with E-state index in [2.05, 4.69) is 9.97 Å². The minimum absolute atomic E-state index is 0.207. The topological polar surface area (TPSA) is 55.2 Å². The Bertz CT molecular complexity index is 575. The molecule has 1 unspecified atom stereocenters. The monoisotopic (exact) mass is 262 g/mol. The third-order valence-electron chi connectivity index (χ3n) is 2.83. The van der Waals surface area contributed by atoms with Crippen molar-refractivity contribution in [2.45, 2.75) is 19.4 Å². The summed E-state index contributed by atoms with van der Waals surface area (Å²) in [4.78, 5) is 7.90. The van der Waals surface area contributed by atoms with Crippen molar-refractivity contribution in [3.8, 4) is 5.88 Å². The van der Waals surface area contributed by atoms with E-state index >= 15 is 0 Å². The second-order valence-electron chi connectivity index (χ2n) is 4.30. The summed E-state index contributed by atoms with van der Waals surface area (Å²) in [6.07, 6.45) is 0.617. The molecule has 4 nitrogen and oxygen atoms in total. The van der Waals surface area contributed by atoms with Gasteiger partial charge in [-0.15, -0.1) is 0 Å². The van der Waals surface area contributed by atoms with Crippen LogP contribution in [0.4, 0.5) is 4.39 Å². The summed E-state index contributed by atoms with van der Waals surface area (Å²) in [5, 5.41) is 10.1. The van der Waals surface area contributed by atoms with E-state index in [1.54, 1.807) is 25.1 Å². The minimum Gasteiger partial charge on any atom is -0.481 e. The van der Waals surface area contributed by atoms with Crippen molar-refractivity contribution in [2.75, 3.05) is 7.11 Å². The molecule has 1 aromatic heterocycles. The number of nitrogens with zero attached hydrogens (tertiary/aromatic N) is 2. The van der Waals surface area contributed by atoms with Crippen LogP contribution in [0.3, 0.4) is 0 Å². The van der Waals surface area contributed by atoms with Gasteiger partial charge in [-0.2, -0.15) is 0 Å². The summed E-state index contributed by atoms with van der Waals surface area (Å²) in [5.74, 6) is 0.00935. The standard InChI is InChI=1S/C14H15FN2O2/c1-9-3-4-11(12(15)5-9)13(18)6-10-7-14(19-2)17-8-16-10/h3-5,7-8,13,18H,6H2,1-2H3. The van der Waals surface area contributed by atoms with Crippen LogP contribution >= 0.6 is 0 Å². The van der Waals surface area contributed by atoms with Crippen LogP contribution in [0.25, 0.3) is 0 Å². The van der Waals surface area contributed by atoms with E-state index in [0.717, 1.165) is 5.56 Å². The number of ether oxygens (including phenoxy) is 1. The Kier molecular flexibility index (Phi) is 4.06. The zero-order chi connectivity index (χ0) is 13.8. The van der Waals surface area contributed by atoms with Crippen LogP contribution in [0.2, 0.25) is 0 Å². The smallest absolute Gasteiger partial charge is 0.216 e. The molecule has 0 aliphatic carbocycles. The second-order valence-corrected chi connectivity index (χ2v) is 4.30. The second kappa shape index (κ2) is 5.75. The fraction of sp³-hybridized carbons (Fsp3) is 0.286. The van der Waals surface area contributed by atoms with Crippen molar-refractivity contribution in [1.29, 1.82) is 0 Å². The quantitative estimate of drug-likeness (QED) is 0.917. The molecule has 0 aliphatic rings. The first-order valence-corrected chi connectivity index (χ1v) is 5.89. The van der Waals surface area contributed by atoms with Crippen LogP contribution in [0.15, 0.2) is 30.6 Å². The number of benzene rings is 1. The zero-order valence-corrected chi connectivity index (χ0v) is 10.8. The fourth-order valence-corrected chi connectivity index (χ4v) is 1.81. The minimum atomic E-state index is -0.944. The molecule has 0 radical (unpaired) electrons. The lowest BCUT2D eigenvalue weighted by molar-refractivity contribution is 0.172. The van der Waals surface area contributed by atoms with Gasteiger partial charge in [0.05, 0.1) is 18.9 Å². The first kappa shape index (κ1) is 13.4. The number of methoxy groups -OCH3 is 1. The highest BCUT2D eigenvalue weighted by atomic mass is 19.1. The summed E-state index contributed by atoms with van der Waals surface area (Å²) in [7, 11) is 1.50. The molecule has 5 heteroatoms. The Morgan fingerprint density at radius 3 is 2.79 bits per heavy atom. The van der Waals surface area contributed by atoms with E-state index < -0.39 is 11.9 Å². The van der Waals surface area contributed by atoms with Crippen molar-refractivity contribution in [3.05, 3.63) is 53.2 Å². The number of halogens is 1. The number of aryl methyl sites for hydroxylation is 1. The van der Waals surface area contributed by atoms with Crippen molar-refractivity contribution >= 4 is 0 Å². The number of aliphatic hydroxyl groups is 1. The SMILES string of the molecule is COc1cc(CC(O)c2ccc(C)cc2F)ncn1. The molecule has 1 heterocycles. The highest BCUT2D eigenvalue weighted by Crippen LogP contribution is 2.22. The number of hydrogen-bond donors (Lipinski definition) is 1. The molecule has 19 heavy (non-hydrogen) atoms. The van der Waals surface area contributed by atoms with E-state index in [4.69, 9.17) is 4.74 Å². The molecule has 0 saturated heterocycles. The van der Waals surface area contributed by atoms with Gasteiger partial charge in [0.1, 0.15) is 12.1 Å². The van der Waals surface area contributed by atoms with Crippen LogP contribution in [0, 0.1) is 12.7 Å². The van der Waals surface area contributed by atoms with Crippen LogP contribution in [-0.4, -0.2) is 22.2 Å². The predicted octanol–water partition coefficient (Wildman–Crippen LogP) is 2.21. The van der Waals surface area contributed by atoms with Crippen LogP contribution in [0.5, 0.6) is 5.88 Å². The summed E-state index contributed by atoms with van der Waals surface area (Å²) in [5.41, 5.74) is 1.68. The van der Waals surface area contributed by atoms with E-state index in [0.29, 0.717) is 11.6 Å². The molecule has 100 valence electrons. The normalized spacial score (nSPS) is 12.2. The first-order chi connectivity index (χ1) is 9.10. The van der Waals surface area contributed by atoms with E-state index in [-0.39, 0.29) is 12.0 Å². The Hall–Kier alpha value is -2.01. The molecule has 1 N–H and O–H groups in total. The van der Waals surface area contributed by atoms with Gasteiger partial charge in [-0.25, -0.2) is 14.4 Å². The molecule has 2 aromatic rings. The molecule has 0 amide bonds. The predicted molar refractivity (Wildman–Crippen MR) is 68.4 cm³/mol. The third kappa shape index (κ3) is 3.26. The molecule has 0 bridgehead atoms. The summed E-state index contributed by atoms with van der Waals surface area (Å²) in [6, 6.07) is 6.38. The van der Waals surface area contributed by atoms with Gasteiger partial charge in [-0.3, -0.25) is 0 Å². The van der Waals surface area contributed by atoms with Crippen LogP contribution < -0.4 is 4.74 Å². The average Bonchev–Trinajstić information content (AvgIpc) is 2.38. The largest absolute Gasteiger partial charge is 0.481 e. The summed E-state index contributed by atoms with van der Waals surface area (Å²) >= 11 is 0. The van der Waals surface area contributed by atoms with Gasteiger partial charge in [0, 0.05) is 18.1 Å². The Morgan fingerprint density at radius 2 is 2.11 bits per heavy atom. The average molecular weight is 262 g/mol. The molecule has 2 rings (SSSR count). The van der Waals surface area contributed by atoms with Crippen molar-refractivity contribution in [3.63, 3.8) is 0 Å². The van der Waals surface area contributed by atoms with E-state index in [1.807, 2.05) is 0 Å². The molecular weight excluding hydrogens is 247 g/mol. The van der Waals surface area contributed by atoms with Gasteiger partial charge in [0.15, 0.2) is 0 Å². The highest BCUT2D eigenvalue weighted by Gasteiger charge is 2.14. The molecule has 0 fully saturated rings. The van der Waals surface area contributed by atoms with Gasteiger partial charge < -0.3 is 9.84 Å². The summed E-state index contributed by atoms with van der Waals surface area (Å²) < 4.78 is 18.7. The number of rotatable bonds is 4. The zero-order valence-electron chi connectivity index (χ0n) is 10.8. The highest BCUT2D eigenvalue weighted by molar-refractivity contribution is 5.26. The van der Waals surface area contributed by atoms with Crippen LogP contribution in [0.1, 0.15) is 22.9 Å². The maximum absolute atomic E-state index is 13.7. The van der Waals surface area contributed by atoms with Crippen LogP contribution in [-0.2, 0) is 6.42 Å². The number of hydrogen-bond acceptors (Lipinski definition) is 4. The maximum Gasteiger partial charge on any atom is 0.216 e. The molecule has 0 saturated carbocycles. The molecule has 1 aromatic carbocycles. The number of aliphatic hydroxyl groups excluding tert-OH is 1. The fourth-order valence-electron chi connectivity index (χ4n) is 1.81. The Balaban J connectivity index is 2.17. The van der Waals surface area contributed by atoms with Gasteiger partial charge in [0.2, 0.25) is 5.88 Å². The Labute approximate surface area is 110 Å². The lowest BCUT2D eigenvalue weighted by atomic mass is 10.0. The van der Waals surface area contributed by atoms with Gasteiger partial charge in [-0.1, -0.05) is 12.1 Å². The lowest BCUT2D eigenvalue weighted by Gasteiger charge is -2.12. The van der Waals surface area contributed by atoms with Crippen molar-refractivity contribution in [2.24, 2.45) is 0 Å². The molecule has 1 atom stereocenters. The molecule has 0 spiro atoms. The Morgan fingerprint density at radius 1 is 1.32 bits per heavy atom. The van der Waals surface area contributed by atoms with Gasteiger partial charge in [0.25, 0.3) is 0 Å². The van der Waals surface area contributed by atoms with Crippen molar-refractivity contribution in [1.82, 2.24) is 9.97 Å². The lowest BCUT2D eigenvalue weighted by Crippen LogP contribution is -2.06. The van der Waals surface area contributed by atoms with Gasteiger partial charge >= 0.3 is 0 Å². The third-order valence-corrected chi connectivity index (χ3v) is 2.83. The first-order valence-electron chi connectivity index (χ1n) is 5.89. The number of aromatic nitrogens is 2.